The second kappa shape index (κ2) is 8.91. The van der Waals surface area contributed by atoms with Crippen molar-refractivity contribution < 1.29 is 9.90 Å². The summed E-state index contributed by atoms with van der Waals surface area (Å²) in [4.78, 5) is 11.6. The highest BCUT2D eigenvalue weighted by Gasteiger charge is 2.13. The summed E-state index contributed by atoms with van der Waals surface area (Å²) >= 11 is 0. The van der Waals surface area contributed by atoms with E-state index in [0.717, 1.165) is 5.56 Å². The SMILES string of the molecule is CC(O)CCNC(=O)C(N)Cc1ccccc1.Cl. The lowest BCUT2D eigenvalue weighted by molar-refractivity contribution is -0.122. The Morgan fingerprint density at radius 1 is 1.39 bits per heavy atom. The Morgan fingerprint density at radius 3 is 2.56 bits per heavy atom. The number of carbonyl (C=O) groups is 1. The van der Waals surface area contributed by atoms with Crippen LogP contribution >= 0.6 is 12.4 Å². The average Bonchev–Trinajstić information content (AvgIpc) is 2.29. The van der Waals surface area contributed by atoms with Gasteiger partial charge in [-0.3, -0.25) is 4.79 Å². The summed E-state index contributed by atoms with van der Waals surface area (Å²) in [5.41, 5.74) is 6.84. The number of aliphatic hydroxyl groups excluding tert-OH is 1. The molecule has 0 saturated carbocycles. The van der Waals surface area contributed by atoms with Gasteiger partial charge in [0.25, 0.3) is 0 Å². The first-order chi connectivity index (χ1) is 8.09. The minimum absolute atomic E-state index is 0. The molecule has 0 aromatic heterocycles. The normalized spacial score (nSPS) is 13.3. The molecular weight excluding hydrogens is 252 g/mol. The van der Waals surface area contributed by atoms with Crippen LogP contribution in [0.3, 0.4) is 0 Å². The lowest BCUT2D eigenvalue weighted by Crippen LogP contribution is -2.42. The second-order valence-electron chi connectivity index (χ2n) is 4.22. The van der Waals surface area contributed by atoms with Crippen LogP contribution < -0.4 is 11.1 Å². The van der Waals surface area contributed by atoms with Crippen molar-refractivity contribution in [2.45, 2.75) is 31.9 Å². The number of nitrogens with two attached hydrogens (primary N) is 1. The summed E-state index contributed by atoms with van der Waals surface area (Å²) in [6.07, 6.45) is 0.672. The van der Waals surface area contributed by atoms with Crippen LogP contribution in [0.4, 0.5) is 0 Å². The summed E-state index contributed by atoms with van der Waals surface area (Å²) in [5, 5.41) is 11.8. The highest BCUT2D eigenvalue weighted by Crippen LogP contribution is 2.01. The fourth-order valence-corrected chi connectivity index (χ4v) is 1.50. The molecule has 2 unspecified atom stereocenters. The van der Waals surface area contributed by atoms with Crippen molar-refractivity contribution in [2.24, 2.45) is 5.73 Å². The first kappa shape index (κ1) is 16.9. The molecule has 0 saturated heterocycles. The molecule has 1 aromatic rings. The predicted molar refractivity (Wildman–Crippen MR) is 74.7 cm³/mol. The van der Waals surface area contributed by atoms with Gasteiger partial charge < -0.3 is 16.2 Å². The number of benzene rings is 1. The van der Waals surface area contributed by atoms with Crippen LogP contribution in [0, 0.1) is 0 Å². The van der Waals surface area contributed by atoms with Gasteiger partial charge in [-0.05, 0) is 25.3 Å². The van der Waals surface area contributed by atoms with E-state index in [0.29, 0.717) is 19.4 Å². The van der Waals surface area contributed by atoms with Crippen LogP contribution in [0.2, 0.25) is 0 Å². The Morgan fingerprint density at radius 2 is 2.00 bits per heavy atom. The van der Waals surface area contributed by atoms with Crippen molar-refractivity contribution in [1.29, 1.82) is 0 Å². The van der Waals surface area contributed by atoms with E-state index in [-0.39, 0.29) is 18.3 Å². The summed E-state index contributed by atoms with van der Waals surface area (Å²) in [6.45, 7) is 2.15. The van der Waals surface area contributed by atoms with Gasteiger partial charge in [0.15, 0.2) is 0 Å². The molecule has 1 aromatic carbocycles. The highest BCUT2D eigenvalue weighted by atomic mass is 35.5. The molecule has 4 N–H and O–H groups in total. The van der Waals surface area contributed by atoms with Gasteiger partial charge in [-0.25, -0.2) is 0 Å². The molecule has 0 aliphatic carbocycles. The number of hydrogen-bond donors (Lipinski definition) is 3. The molecule has 5 heteroatoms. The zero-order valence-corrected chi connectivity index (χ0v) is 11.3. The standard InChI is InChI=1S/C13H20N2O2.ClH/c1-10(16)7-8-15-13(17)12(14)9-11-5-3-2-4-6-11;/h2-6,10,12,16H,7-9,14H2,1H3,(H,15,17);1H. The minimum atomic E-state index is -0.536. The van der Waals surface area contributed by atoms with Gasteiger partial charge >= 0.3 is 0 Å². The van der Waals surface area contributed by atoms with Gasteiger partial charge in [0.2, 0.25) is 5.91 Å². The van der Waals surface area contributed by atoms with Crippen LogP contribution in [-0.4, -0.2) is 29.7 Å². The van der Waals surface area contributed by atoms with E-state index in [1.54, 1.807) is 6.92 Å². The quantitative estimate of drug-likeness (QED) is 0.719. The van der Waals surface area contributed by atoms with Crippen molar-refractivity contribution in [1.82, 2.24) is 5.32 Å². The van der Waals surface area contributed by atoms with Gasteiger partial charge in [-0.2, -0.15) is 0 Å². The van der Waals surface area contributed by atoms with Gasteiger partial charge in [0, 0.05) is 6.54 Å². The van der Waals surface area contributed by atoms with Crippen molar-refractivity contribution in [3.63, 3.8) is 0 Å². The molecule has 0 fully saturated rings. The highest BCUT2D eigenvalue weighted by molar-refractivity contribution is 5.85. The first-order valence-corrected chi connectivity index (χ1v) is 5.85. The second-order valence-corrected chi connectivity index (χ2v) is 4.22. The van der Waals surface area contributed by atoms with Crippen molar-refractivity contribution in [3.05, 3.63) is 35.9 Å². The average molecular weight is 273 g/mol. The van der Waals surface area contributed by atoms with E-state index in [9.17, 15) is 4.79 Å². The molecule has 0 spiro atoms. The van der Waals surface area contributed by atoms with Gasteiger partial charge in [-0.15, -0.1) is 12.4 Å². The Hall–Kier alpha value is -1.10. The smallest absolute Gasteiger partial charge is 0.237 e. The number of halogens is 1. The Kier molecular flexibility index (Phi) is 8.37. The van der Waals surface area contributed by atoms with E-state index in [1.807, 2.05) is 30.3 Å². The Labute approximate surface area is 114 Å². The maximum Gasteiger partial charge on any atom is 0.237 e. The fourth-order valence-electron chi connectivity index (χ4n) is 1.50. The molecule has 0 radical (unpaired) electrons. The molecular formula is C13H21ClN2O2. The topological polar surface area (TPSA) is 75.3 Å². The number of rotatable bonds is 6. The Balaban J connectivity index is 0.00000289. The van der Waals surface area contributed by atoms with Gasteiger partial charge in [-0.1, -0.05) is 30.3 Å². The number of hydrogen-bond acceptors (Lipinski definition) is 3. The zero-order chi connectivity index (χ0) is 12.7. The summed E-state index contributed by atoms with van der Waals surface area (Å²) in [5.74, 6) is -0.172. The number of carbonyl (C=O) groups excluding carboxylic acids is 1. The van der Waals surface area contributed by atoms with Crippen LogP contribution in [0.5, 0.6) is 0 Å². The summed E-state index contributed by atoms with van der Waals surface area (Å²) in [7, 11) is 0. The molecule has 1 rings (SSSR count). The summed E-state index contributed by atoms with van der Waals surface area (Å²) in [6, 6.07) is 9.14. The first-order valence-electron chi connectivity index (χ1n) is 5.85. The monoisotopic (exact) mass is 272 g/mol. The summed E-state index contributed by atoms with van der Waals surface area (Å²) < 4.78 is 0. The van der Waals surface area contributed by atoms with E-state index in [1.165, 1.54) is 0 Å². The molecule has 2 atom stereocenters. The third-order valence-electron chi connectivity index (χ3n) is 2.50. The zero-order valence-electron chi connectivity index (χ0n) is 10.5. The Bertz CT molecular complexity index is 344. The van der Waals surface area contributed by atoms with Crippen molar-refractivity contribution >= 4 is 18.3 Å². The van der Waals surface area contributed by atoms with Crippen molar-refractivity contribution in [2.75, 3.05) is 6.54 Å². The maximum absolute atomic E-state index is 11.6. The molecule has 0 aliphatic heterocycles. The van der Waals surface area contributed by atoms with Gasteiger partial charge in [0.1, 0.15) is 0 Å². The van der Waals surface area contributed by atoms with E-state index in [4.69, 9.17) is 10.8 Å². The van der Waals surface area contributed by atoms with Crippen LogP contribution in [-0.2, 0) is 11.2 Å². The van der Waals surface area contributed by atoms with Crippen LogP contribution in [0.25, 0.3) is 0 Å². The largest absolute Gasteiger partial charge is 0.393 e. The van der Waals surface area contributed by atoms with Gasteiger partial charge in [0.05, 0.1) is 12.1 Å². The fraction of sp³-hybridized carbons (Fsp3) is 0.462. The molecule has 102 valence electrons. The third-order valence-corrected chi connectivity index (χ3v) is 2.50. The lowest BCUT2D eigenvalue weighted by Gasteiger charge is -2.12. The molecule has 4 nitrogen and oxygen atoms in total. The third kappa shape index (κ3) is 6.59. The van der Waals surface area contributed by atoms with E-state index in [2.05, 4.69) is 5.32 Å². The van der Waals surface area contributed by atoms with Crippen molar-refractivity contribution in [3.8, 4) is 0 Å². The lowest BCUT2D eigenvalue weighted by atomic mass is 10.1. The molecule has 0 aliphatic rings. The van der Waals surface area contributed by atoms with Crippen LogP contribution in [0.15, 0.2) is 30.3 Å². The number of aliphatic hydroxyl groups is 1. The van der Waals surface area contributed by atoms with E-state index < -0.39 is 12.1 Å². The predicted octanol–water partition coefficient (Wildman–Crippen LogP) is 0.865. The van der Waals surface area contributed by atoms with E-state index >= 15 is 0 Å². The molecule has 0 bridgehead atoms. The maximum atomic E-state index is 11.6. The number of nitrogens with one attached hydrogen (secondary N) is 1. The molecule has 1 amide bonds. The van der Waals surface area contributed by atoms with Crippen LogP contribution in [0.1, 0.15) is 18.9 Å². The molecule has 0 heterocycles. The molecule has 18 heavy (non-hydrogen) atoms. The number of amides is 1. The minimum Gasteiger partial charge on any atom is -0.393 e.